The Kier molecular flexibility index (Phi) is 4.44. The maximum absolute atomic E-state index is 11.7. The third kappa shape index (κ3) is 2.64. The molecule has 1 N–H and O–H groups in total. The van der Waals surface area contributed by atoms with Crippen molar-refractivity contribution in [2.24, 2.45) is 34.5 Å². The van der Waals surface area contributed by atoms with Crippen molar-refractivity contribution in [1.29, 1.82) is 0 Å². The molecular weight excluding hydrogens is 340 g/mol. The molecule has 1 aromatic carbocycles. The highest BCUT2D eigenvalue weighted by molar-refractivity contribution is 5.38. The third-order valence-electron chi connectivity index (χ3n) is 9.92. The van der Waals surface area contributed by atoms with E-state index in [-0.39, 0.29) is 5.41 Å². The van der Waals surface area contributed by atoms with Crippen molar-refractivity contribution in [1.82, 2.24) is 0 Å². The second-order valence-corrected chi connectivity index (χ2v) is 10.9. The monoisotopic (exact) mass is 376 g/mol. The van der Waals surface area contributed by atoms with Gasteiger partial charge in [-0.05, 0) is 92.6 Å². The number of rotatable bonds is 0. The van der Waals surface area contributed by atoms with Crippen molar-refractivity contribution in [3.63, 3.8) is 0 Å². The number of hydrogen-bond donors (Lipinski definition) is 1. The second-order valence-electron chi connectivity index (χ2n) is 10.9. The van der Waals surface area contributed by atoms with Crippen LogP contribution < -0.4 is 0 Å². The van der Waals surface area contributed by atoms with E-state index >= 15 is 0 Å². The van der Waals surface area contributed by atoms with Crippen molar-refractivity contribution in [2.45, 2.75) is 83.7 Å². The first kappa shape index (κ1) is 18.7. The highest BCUT2D eigenvalue weighted by Gasteiger charge is 2.64. The Morgan fingerprint density at radius 2 is 1.64 bits per heavy atom. The first-order valence-electron chi connectivity index (χ1n) is 11.8. The van der Waals surface area contributed by atoms with E-state index in [1.54, 1.807) is 0 Å². The number of fused-ring (bicyclic) bond motifs is 5. The molecular formula is C27H36O. The van der Waals surface area contributed by atoms with Crippen LogP contribution >= 0.6 is 0 Å². The average molecular weight is 377 g/mol. The molecule has 1 nitrogen and oxygen atoms in total. The van der Waals surface area contributed by atoms with Crippen molar-refractivity contribution in [2.75, 3.05) is 0 Å². The fraction of sp³-hybridized carbons (Fsp3) is 0.704. The molecule has 4 fully saturated rings. The highest BCUT2D eigenvalue weighted by Crippen LogP contribution is 2.68. The zero-order chi connectivity index (χ0) is 19.4. The summed E-state index contributed by atoms with van der Waals surface area (Å²) in [6, 6.07) is 10.2. The average Bonchev–Trinajstić information content (AvgIpc) is 2.98. The van der Waals surface area contributed by atoms with Crippen LogP contribution in [0.5, 0.6) is 0 Å². The summed E-state index contributed by atoms with van der Waals surface area (Å²) >= 11 is 0. The van der Waals surface area contributed by atoms with E-state index in [2.05, 4.69) is 25.7 Å². The maximum atomic E-state index is 11.7. The van der Waals surface area contributed by atoms with Gasteiger partial charge >= 0.3 is 0 Å². The van der Waals surface area contributed by atoms with E-state index < -0.39 is 5.60 Å². The summed E-state index contributed by atoms with van der Waals surface area (Å²) in [4.78, 5) is 0. The highest BCUT2D eigenvalue weighted by atomic mass is 16.3. The predicted molar refractivity (Wildman–Crippen MR) is 115 cm³/mol. The number of aliphatic hydroxyl groups is 1. The summed E-state index contributed by atoms with van der Waals surface area (Å²) in [6.07, 6.45) is 13.1. The lowest BCUT2D eigenvalue weighted by Crippen LogP contribution is -2.55. The summed E-state index contributed by atoms with van der Waals surface area (Å²) in [7, 11) is 0. The number of hydrogen-bond acceptors (Lipinski definition) is 1. The van der Waals surface area contributed by atoms with Gasteiger partial charge in [-0.1, -0.05) is 56.7 Å². The van der Waals surface area contributed by atoms with E-state index in [0.29, 0.717) is 11.3 Å². The van der Waals surface area contributed by atoms with Gasteiger partial charge in [0.15, 0.2) is 0 Å². The van der Waals surface area contributed by atoms with Gasteiger partial charge in [0.05, 0.1) is 0 Å². The van der Waals surface area contributed by atoms with Crippen molar-refractivity contribution < 1.29 is 5.11 Å². The number of benzene rings is 1. The molecule has 0 unspecified atom stereocenters. The fourth-order valence-electron chi connectivity index (χ4n) is 8.21. The fourth-order valence-corrected chi connectivity index (χ4v) is 8.21. The third-order valence-corrected chi connectivity index (χ3v) is 9.92. The van der Waals surface area contributed by atoms with Gasteiger partial charge in [-0.3, -0.25) is 0 Å². The molecule has 0 heterocycles. The smallest absolute Gasteiger partial charge is 0.131 e. The molecule has 5 rings (SSSR count). The zero-order valence-corrected chi connectivity index (χ0v) is 17.7. The molecule has 0 aromatic heterocycles. The molecule has 0 radical (unpaired) electrons. The van der Waals surface area contributed by atoms with Crippen LogP contribution in [0.1, 0.15) is 83.6 Å². The summed E-state index contributed by atoms with van der Waals surface area (Å²) in [5, 5.41) is 11.7. The van der Waals surface area contributed by atoms with Crippen LogP contribution in [0, 0.1) is 46.3 Å². The van der Waals surface area contributed by atoms with Crippen LogP contribution in [0.15, 0.2) is 30.3 Å². The van der Waals surface area contributed by atoms with Gasteiger partial charge in [0.25, 0.3) is 0 Å². The first-order chi connectivity index (χ1) is 13.5. The van der Waals surface area contributed by atoms with Crippen LogP contribution in [-0.4, -0.2) is 10.7 Å². The van der Waals surface area contributed by atoms with Gasteiger partial charge in [0.2, 0.25) is 0 Å². The van der Waals surface area contributed by atoms with E-state index in [1.165, 1.54) is 51.4 Å². The second kappa shape index (κ2) is 6.63. The Bertz CT molecular complexity index is 787. The van der Waals surface area contributed by atoms with Crippen molar-refractivity contribution in [3.8, 4) is 11.8 Å². The Morgan fingerprint density at radius 3 is 2.46 bits per heavy atom. The van der Waals surface area contributed by atoms with Gasteiger partial charge in [-0.15, -0.1) is 0 Å². The van der Waals surface area contributed by atoms with E-state index in [9.17, 15) is 5.11 Å². The van der Waals surface area contributed by atoms with Crippen LogP contribution in [0.2, 0.25) is 0 Å². The van der Waals surface area contributed by atoms with Crippen LogP contribution in [0.3, 0.4) is 0 Å². The summed E-state index contributed by atoms with van der Waals surface area (Å²) < 4.78 is 0. The lowest BCUT2D eigenvalue weighted by molar-refractivity contribution is -0.134. The minimum Gasteiger partial charge on any atom is -0.377 e. The Labute approximate surface area is 171 Å². The van der Waals surface area contributed by atoms with Gasteiger partial charge in [0, 0.05) is 11.0 Å². The Hall–Kier alpha value is -1.26. The lowest BCUT2D eigenvalue weighted by Gasteiger charge is -2.60. The molecule has 4 saturated carbocycles. The molecule has 7 atom stereocenters. The molecule has 4 aliphatic carbocycles. The summed E-state index contributed by atoms with van der Waals surface area (Å²) in [6.45, 7) is 5.00. The van der Waals surface area contributed by atoms with Gasteiger partial charge in [0.1, 0.15) is 5.60 Å². The van der Waals surface area contributed by atoms with Crippen LogP contribution in [0.25, 0.3) is 0 Å². The molecule has 1 heteroatoms. The molecule has 0 bridgehead atoms. The summed E-state index contributed by atoms with van der Waals surface area (Å²) in [5.74, 6) is 10.0. The first-order valence-corrected chi connectivity index (χ1v) is 11.8. The SMILES string of the molecule is C[C@]12CCCC[C@H]1CC[C@@H]1[C@H]3CC[C@](O)(C#Cc4ccccc4)[C@@]3(C)CC[C@@H]12. The Balaban J connectivity index is 1.43. The normalized spacial score (nSPS) is 47.2. The van der Waals surface area contributed by atoms with E-state index in [1.807, 2.05) is 30.3 Å². The lowest BCUT2D eigenvalue weighted by atomic mass is 9.44. The van der Waals surface area contributed by atoms with E-state index in [0.717, 1.165) is 36.2 Å². The predicted octanol–water partition coefficient (Wildman–Crippen LogP) is 6.20. The Morgan fingerprint density at radius 1 is 0.857 bits per heavy atom. The largest absolute Gasteiger partial charge is 0.377 e. The van der Waals surface area contributed by atoms with E-state index in [4.69, 9.17) is 0 Å². The zero-order valence-electron chi connectivity index (χ0n) is 17.7. The molecule has 0 spiro atoms. The molecule has 1 aromatic rings. The maximum Gasteiger partial charge on any atom is 0.131 e. The quantitative estimate of drug-likeness (QED) is 0.534. The molecule has 0 saturated heterocycles. The van der Waals surface area contributed by atoms with Crippen molar-refractivity contribution in [3.05, 3.63) is 35.9 Å². The van der Waals surface area contributed by atoms with Gasteiger partial charge < -0.3 is 5.11 Å². The molecule has 0 amide bonds. The molecule has 150 valence electrons. The van der Waals surface area contributed by atoms with Gasteiger partial charge in [-0.25, -0.2) is 0 Å². The molecule has 4 aliphatic rings. The minimum absolute atomic E-state index is 0.0339. The van der Waals surface area contributed by atoms with Gasteiger partial charge in [-0.2, -0.15) is 0 Å². The molecule has 28 heavy (non-hydrogen) atoms. The molecule has 0 aliphatic heterocycles. The standard InChI is InChI=1S/C27H36O/c1-25-16-7-6-10-21(25)11-12-22-23(25)14-17-26(2)24(22)15-19-27(26,28)18-13-20-8-4-3-5-9-20/h3-5,8-9,21-24,28H,6-7,10-12,14-17,19H2,1-2H3/t21-,22-,23-,24+,25-,26-,27+/m0/s1. The minimum atomic E-state index is -0.817. The van der Waals surface area contributed by atoms with Crippen molar-refractivity contribution >= 4 is 0 Å². The summed E-state index contributed by atoms with van der Waals surface area (Å²) in [5.41, 5.74) is 0.738. The van der Waals surface area contributed by atoms with Crippen LogP contribution in [0.4, 0.5) is 0 Å². The topological polar surface area (TPSA) is 20.2 Å². The van der Waals surface area contributed by atoms with Crippen LogP contribution in [-0.2, 0) is 0 Å².